The van der Waals surface area contributed by atoms with Gasteiger partial charge in [-0.3, -0.25) is 9.48 Å². The van der Waals surface area contributed by atoms with Crippen LogP contribution in [0.2, 0.25) is 18.6 Å². The molecule has 2 aliphatic heterocycles. The van der Waals surface area contributed by atoms with Gasteiger partial charge in [-0.05, 0) is 68.8 Å². The Morgan fingerprint density at radius 1 is 1.08 bits per heavy atom. The van der Waals surface area contributed by atoms with E-state index in [-0.39, 0.29) is 36.2 Å². The van der Waals surface area contributed by atoms with Gasteiger partial charge in [0, 0.05) is 50.0 Å². The Hall–Kier alpha value is -2.10. The quantitative estimate of drug-likeness (QED) is 0.342. The van der Waals surface area contributed by atoms with Crippen LogP contribution in [0, 0.1) is 5.92 Å². The standard InChI is InChI=1S/C28H43FN4O3Si/c1-21-25(14-11-22-9-12-24(13-10-22)33-17-7-5-4-6-8-27(33)35)36-26(28(21)37(2,3)29)15-18-32-20-23(16-19-34)30-31-32/h9-10,12-13,20-21,25-26,28,34H,4-8,11,14-19H2,1-3H3/t21-,25+,26-,28+/m1/s1. The second-order valence-electron chi connectivity index (χ2n) is 11.3. The molecule has 2 saturated heterocycles. The second-order valence-corrected chi connectivity index (χ2v) is 15.1. The van der Waals surface area contributed by atoms with E-state index < -0.39 is 8.41 Å². The van der Waals surface area contributed by atoms with E-state index in [4.69, 9.17) is 9.84 Å². The highest BCUT2D eigenvalue weighted by Crippen LogP contribution is 2.47. The van der Waals surface area contributed by atoms with Crippen molar-refractivity contribution in [2.75, 3.05) is 18.1 Å². The Labute approximate surface area is 221 Å². The van der Waals surface area contributed by atoms with E-state index in [2.05, 4.69) is 41.5 Å². The minimum Gasteiger partial charge on any atom is -0.396 e. The van der Waals surface area contributed by atoms with E-state index in [0.29, 0.717) is 25.8 Å². The zero-order valence-corrected chi connectivity index (χ0v) is 23.6. The van der Waals surface area contributed by atoms with Crippen molar-refractivity contribution >= 4 is 20.0 Å². The van der Waals surface area contributed by atoms with E-state index in [1.54, 1.807) is 17.8 Å². The Bertz CT molecular complexity index is 1010. The molecular formula is C28H43FN4O3Si. The molecule has 0 radical (unpaired) electrons. The Morgan fingerprint density at radius 2 is 1.84 bits per heavy atom. The molecule has 204 valence electrons. The van der Waals surface area contributed by atoms with Crippen molar-refractivity contribution in [2.24, 2.45) is 5.92 Å². The molecule has 1 N–H and O–H groups in total. The zero-order chi connectivity index (χ0) is 26.4. The van der Waals surface area contributed by atoms with Gasteiger partial charge in [0.2, 0.25) is 14.3 Å². The number of benzene rings is 1. The summed E-state index contributed by atoms with van der Waals surface area (Å²) in [6.45, 7) is 7.22. The van der Waals surface area contributed by atoms with Crippen LogP contribution in [0.15, 0.2) is 30.5 Å². The lowest BCUT2D eigenvalue weighted by atomic mass is 9.95. The van der Waals surface area contributed by atoms with Crippen LogP contribution in [0.1, 0.15) is 63.1 Å². The molecule has 9 heteroatoms. The lowest BCUT2D eigenvalue weighted by Crippen LogP contribution is -2.36. The first-order valence-electron chi connectivity index (χ1n) is 14.0. The molecule has 37 heavy (non-hydrogen) atoms. The minimum atomic E-state index is -2.93. The highest BCUT2D eigenvalue weighted by molar-refractivity contribution is 6.72. The van der Waals surface area contributed by atoms with Gasteiger partial charge in [0.1, 0.15) is 0 Å². The number of aliphatic hydroxyl groups excluding tert-OH is 1. The fourth-order valence-electron chi connectivity index (χ4n) is 6.17. The molecule has 0 unspecified atom stereocenters. The molecule has 0 saturated carbocycles. The first-order chi connectivity index (χ1) is 17.8. The predicted molar refractivity (Wildman–Crippen MR) is 146 cm³/mol. The molecule has 1 aromatic heterocycles. The molecule has 2 aromatic rings. The number of aryl methyl sites for hydroxylation is 2. The number of halogens is 1. The minimum absolute atomic E-state index is 0.0221. The summed E-state index contributed by atoms with van der Waals surface area (Å²) in [6.07, 6.45) is 9.66. The van der Waals surface area contributed by atoms with Crippen LogP contribution < -0.4 is 4.90 Å². The molecule has 2 aliphatic rings. The van der Waals surface area contributed by atoms with Crippen molar-refractivity contribution in [3.63, 3.8) is 0 Å². The lowest BCUT2D eigenvalue weighted by Gasteiger charge is -2.28. The number of nitrogens with zero attached hydrogens (tertiary/aromatic N) is 4. The van der Waals surface area contributed by atoms with Crippen molar-refractivity contribution in [2.45, 2.75) is 102 Å². The highest BCUT2D eigenvalue weighted by Gasteiger charge is 2.50. The number of rotatable bonds is 10. The van der Waals surface area contributed by atoms with Crippen molar-refractivity contribution < 1.29 is 18.7 Å². The Morgan fingerprint density at radius 3 is 2.57 bits per heavy atom. The summed E-state index contributed by atoms with van der Waals surface area (Å²) in [5, 5.41) is 17.3. The number of aliphatic hydroxyl groups is 1. The molecule has 7 nitrogen and oxygen atoms in total. The van der Waals surface area contributed by atoms with Crippen LogP contribution >= 0.6 is 0 Å². The first kappa shape index (κ1) is 27.9. The van der Waals surface area contributed by atoms with Crippen LogP contribution in [0.3, 0.4) is 0 Å². The molecule has 0 spiro atoms. The monoisotopic (exact) mass is 530 g/mol. The summed E-state index contributed by atoms with van der Waals surface area (Å²) in [7, 11) is -2.93. The molecule has 4 atom stereocenters. The number of amides is 1. The number of carbonyl (C=O) groups excluding carboxylic acids is 1. The summed E-state index contributed by atoms with van der Waals surface area (Å²) in [5.74, 6) is 0.390. The zero-order valence-electron chi connectivity index (χ0n) is 22.6. The van der Waals surface area contributed by atoms with Crippen LogP contribution in [0.25, 0.3) is 0 Å². The van der Waals surface area contributed by atoms with Gasteiger partial charge in [0.05, 0.1) is 17.9 Å². The highest BCUT2D eigenvalue weighted by atomic mass is 28.4. The molecule has 3 heterocycles. The fourth-order valence-corrected chi connectivity index (χ4v) is 8.76. The number of carbonyl (C=O) groups is 1. The number of ether oxygens (including phenoxy) is 1. The van der Waals surface area contributed by atoms with Crippen molar-refractivity contribution in [1.82, 2.24) is 15.0 Å². The third kappa shape index (κ3) is 7.27. The third-order valence-electron chi connectivity index (χ3n) is 8.08. The molecule has 0 aliphatic carbocycles. The summed E-state index contributed by atoms with van der Waals surface area (Å²) < 4.78 is 23.7. The molecule has 1 amide bonds. The van der Waals surface area contributed by atoms with Gasteiger partial charge in [-0.15, -0.1) is 5.10 Å². The lowest BCUT2D eigenvalue weighted by molar-refractivity contribution is -0.118. The number of hydrogen-bond donors (Lipinski definition) is 1. The van der Waals surface area contributed by atoms with Gasteiger partial charge >= 0.3 is 0 Å². The molecule has 1 aromatic carbocycles. The second kappa shape index (κ2) is 12.6. The summed E-state index contributed by atoms with van der Waals surface area (Å²) in [4.78, 5) is 14.5. The van der Waals surface area contributed by atoms with Gasteiger partial charge < -0.3 is 18.9 Å². The van der Waals surface area contributed by atoms with Crippen LogP contribution in [-0.4, -0.2) is 59.8 Å². The van der Waals surface area contributed by atoms with Crippen molar-refractivity contribution in [3.05, 3.63) is 41.7 Å². The number of hydrogen-bond acceptors (Lipinski definition) is 5. The van der Waals surface area contributed by atoms with Gasteiger partial charge in [0.25, 0.3) is 0 Å². The van der Waals surface area contributed by atoms with Crippen LogP contribution in [0.4, 0.5) is 9.80 Å². The maximum atomic E-state index is 15.4. The first-order valence-corrected chi connectivity index (χ1v) is 17.0. The maximum Gasteiger partial charge on any atom is 0.246 e. The Balaban J connectivity index is 1.35. The van der Waals surface area contributed by atoms with E-state index in [1.807, 2.05) is 11.1 Å². The average Bonchev–Trinajstić information content (AvgIpc) is 3.43. The fraction of sp³-hybridized carbons (Fsp3) is 0.679. The van der Waals surface area contributed by atoms with E-state index in [9.17, 15) is 4.79 Å². The SMILES string of the molecule is C[C@H]1[C@H]([Si](C)(C)F)[C@@H](CCn2cc(CCO)nn2)O[C@H]1CCc1ccc(N2CCCCCCC2=O)cc1. The smallest absolute Gasteiger partial charge is 0.246 e. The van der Waals surface area contributed by atoms with Gasteiger partial charge in [-0.2, -0.15) is 0 Å². The Kier molecular flexibility index (Phi) is 9.53. The van der Waals surface area contributed by atoms with Crippen LogP contribution in [0.5, 0.6) is 0 Å². The van der Waals surface area contributed by atoms with Gasteiger partial charge in [0.15, 0.2) is 0 Å². The molecule has 0 bridgehead atoms. The molecule has 4 rings (SSSR count). The summed E-state index contributed by atoms with van der Waals surface area (Å²) >= 11 is 0. The number of aromatic nitrogens is 3. The summed E-state index contributed by atoms with van der Waals surface area (Å²) in [6, 6.07) is 8.39. The molecule has 2 fully saturated rings. The largest absolute Gasteiger partial charge is 0.396 e. The van der Waals surface area contributed by atoms with E-state index in [0.717, 1.165) is 50.0 Å². The van der Waals surface area contributed by atoms with E-state index >= 15 is 4.11 Å². The normalized spacial score (nSPS) is 25.3. The van der Waals surface area contributed by atoms with Crippen LogP contribution in [-0.2, 0) is 28.9 Å². The predicted octanol–water partition coefficient (Wildman–Crippen LogP) is 5.08. The van der Waals surface area contributed by atoms with Gasteiger partial charge in [-0.1, -0.05) is 37.1 Å². The van der Waals surface area contributed by atoms with Crippen molar-refractivity contribution in [3.8, 4) is 0 Å². The third-order valence-corrected chi connectivity index (χ3v) is 10.6. The van der Waals surface area contributed by atoms with E-state index in [1.165, 1.54) is 12.0 Å². The molecular weight excluding hydrogens is 487 g/mol. The van der Waals surface area contributed by atoms with Gasteiger partial charge in [-0.25, -0.2) is 0 Å². The topological polar surface area (TPSA) is 80.5 Å². The van der Waals surface area contributed by atoms with Crippen molar-refractivity contribution in [1.29, 1.82) is 0 Å². The number of anilines is 1. The summed E-state index contributed by atoms with van der Waals surface area (Å²) in [5.41, 5.74) is 2.91. The average molecular weight is 531 g/mol. The maximum absolute atomic E-state index is 15.4.